The van der Waals surface area contributed by atoms with Crippen LogP contribution in [0.1, 0.15) is 39.8 Å². The topological polar surface area (TPSA) is 104 Å². The number of methoxy groups -OCH3 is 2. The van der Waals surface area contributed by atoms with Crippen LogP contribution in [0.5, 0.6) is 5.75 Å². The van der Waals surface area contributed by atoms with Gasteiger partial charge in [0.05, 0.1) is 12.1 Å². The molecule has 8 heteroatoms. The maximum Gasteiger partial charge on any atom is 0.356 e. The SMILES string of the molecule is CCC(=O)c1cn(CC(OC)OC)c(C(=O)O)c(OCc2ccccc2)c1=O. The second-order valence-electron chi connectivity index (χ2n) is 5.96. The highest BCUT2D eigenvalue weighted by Gasteiger charge is 2.26. The van der Waals surface area contributed by atoms with Crippen molar-refractivity contribution in [3.8, 4) is 5.75 Å². The average Bonchev–Trinajstić information content (AvgIpc) is 2.71. The van der Waals surface area contributed by atoms with Crippen LogP contribution in [-0.2, 0) is 22.6 Å². The number of ketones is 1. The predicted molar refractivity (Wildman–Crippen MR) is 101 cm³/mol. The number of nitrogens with zero attached hydrogens (tertiary/aromatic N) is 1. The van der Waals surface area contributed by atoms with Crippen molar-refractivity contribution in [2.24, 2.45) is 0 Å². The molecule has 1 aromatic heterocycles. The molecule has 0 fully saturated rings. The molecule has 2 aromatic rings. The molecule has 0 atom stereocenters. The van der Waals surface area contributed by atoms with E-state index in [1.54, 1.807) is 31.2 Å². The van der Waals surface area contributed by atoms with Gasteiger partial charge in [0.15, 0.2) is 23.5 Å². The summed E-state index contributed by atoms with van der Waals surface area (Å²) in [7, 11) is 2.81. The van der Waals surface area contributed by atoms with Gasteiger partial charge >= 0.3 is 5.97 Å². The number of hydrogen-bond acceptors (Lipinski definition) is 6. The van der Waals surface area contributed by atoms with Gasteiger partial charge in [-0.3, -0.25) is 9.59 Å². The number of aromatic carboxylic acids is 1. The summed E-state index contributed by atoms with van der Waals surface area (Å²) in [6.45, 7) is 1.56. The summed E-state index contributed by atoms with van der Waals surface area (Å²) in [5, 5.41) is 9.71. The third-order valence-electron chi connectivity index (χ3n) is 4.16. The Morgan fingerprint density at radius 1 is 1.14 bits per heavy atom. The number of carbonyl (C=O) groups is 2. The summed E-state index contributed by atoms with van der Waals surface area (Å²) < 4.78 is 17.1. The molecule has 0 radical (unpaired) electrons. The van der Waals surface area contributed by atoms with Crippen LogP contribution in [0.4, 0.5) is 0 Å². The molecule has 0 saturated heterocycles. The Morgan fingerprint density at radius 3 is 2.32 bits per heavy atom. The standard InChI is InChI=1S/C20H23NO7/c1-4-15(22)14-10-21(11-16(26-2)27-3)17(20(24)25)19(18(14)23)28-12-13-8-6-5-7-9-13/h5-10,16H,4,11-12H2,1-3H3,(H,24,25). The van der Waals surface area contributed by atoms with Crippen molar-refractivity contribution in [2.75, 3.05) is 14.2 Å². The van der Waals surface area contributed by atoms with E-state index in [-0.39, 0.29) is 36.6 Å². The number of benzene rings is 1. The fourth-order valence-electron chi connectivity index (χ4n) is 2.66. The van der Waals surface area contributed by atoms with Crippen LogP contribution < -0.4 is 10.2 Å². The first-order valence-corrected chi connectivity index (χ1v) is 8.69. The zero-order chi connectivity index (χ0) is 20.7. The molecule has 8 nitrogen and oxygen atoms in total. The van der Waals surface area contributed by atoms with Crippen LogP contribution in [-0.4, -0.2) is 41.9 Å². The Labute approximate surface area is 162 Å². The molecule has 0 unspecified atom stereocenters. The van der Waals surface area contributed by atoms with Gasteiger partial charge in [0.2, 0.25) is 5.43 Å². The quantitative estimate of drug-likeness (QED) is 0.491. The highest BCUT2D eigenvalue weighted by atomic mass is 16.7. The number of pyridine rings is 1. The third kappa shape index (κ3) is 4.85. The number of Topliss-reactive ketones (excluding diaryl/α,β-unsaturated/α-hetero) is 1. The lowest BCUT2D eigenvalue weighted by molar-refractivity contribution is -0.111. The van der Waals surface area contributed by atoms with Crippen molar-refractivity contribution in [1.82, 2.24) is 4.57 Å². The molecule has 0 aliphatic heterocycles. The summed E-state index contributed by atoms with van der Waals surface area (Å²) in [6, 6.07) is 8.99. The van der Waals surface area contributed by atoms with E-state index in [2.05, 4.69) is 0 Å². The molecule has 0 saturated carbocycles. The number of aromatic nitrogens is 1. The normalized spacial score (nSPS) is 10.9. The molecular formula is C20H23NO7. The van der Waals surface area contributed by atoms with Crippen LogP contribution in [0, 0.1) is 0 Å². The molecule has 0 spiro atoms. The minimum absolute atomic E-state index is 0.0158. The van der Waals surface area contributed by atoms with Crippen molar-refractivity contribution < 1.29 is 28.9 Å². The Balaban J connectivity index is 2.59. The number of hydrogen-bond donors (Lipinski definition) is 1. The van der Waals surface area contributed by atoms with Crippen LogP contribution in [0.15, 0.2) is 41.3 Å². The summed E-state index contributed by atoms with van der Waals surface area (Å²) in [4.78, 5) is 37.0. The van der Waals surface area contributed by atoms with Gasteiger partial charge in [0, 0.05) is 26.8 Å². The molecule has 2 rings (SSSR count). The van der Waals surface area contributed by atoms with Crippen LogP contribution in [0.25, 0.3) is 0 Å². The summed E-state index contributed by atoms with van der Waals surface area (Å²) in [5.41, 5.74) is -0.499. The Hall–Kier alpha value is -2.97. The van der Waals surface area contributed by atoms with E-state index >= 15 is 0 Å². The van der Waals surface area contributed by atoms with E-state index in [0.717, 1.165) is 5.56 Å². The van der Waals surface area contributed by atoms with Crippen molar-refractivity contribution >= 4 is 11.8 Å². The molecule has 0 bridgehead atoms. The monoisotopic (exact) mass is 389 g/mol. The summed E-state index contributed by atoms with van der Waals surface area (Å²) >= 11 is 0. The molecule has 1 heterocycles. The predicted octanol–water partition coefficient (Wildman–Crippen LogP) is 2.34. The Bertz CT molecular complexity index is 885. The average molecular weight is 389 g/mol. The highest BCUT2D eigenvalue weighted by molar-refractivity contribution is 5.97. The van der Waals surface area contributed by atoms with Crippen LogP contribution in [0.2, 0.25) is 0 Å². The van der Waals surface area contributed by atoms with E-state index in [9.17, 15) is 19.5 Å². The molecular weight excluding hydrogens is 366 g/mol. The fourth-order valence-corrected chi connectivity index (χ4v) is 2.66. The first kappa shape index (κ1) is 21.3. The maximum atomic E-state index is 12.8. The minimum atomic E-state index is -1.36. The van der Waals surface area contributed by atoms with E-state index in [1.165, 1.54) is 25.0 Å². The first-order chi connectivity index (χ1) is 13.4. The number of ether oxygens (including phenoxy) is 3. The maximum absolute atomic E-state index is 12.8. The lowest BCUT2D eigenvalue weighted by Gasteiger charge is -2.20. The van der Waals surface area contributed by atoms with Gasteiger partial charge in [-0.1, -0.05) is 37.3 Å². The molecule has 150 valence electrons. The Kier molecular flexibility index (Phi) is 7.48. The van der Waals surface area contributed by atoms with Gasteiger partial charge in [0.1, 0.15) is 6.61 Å². The van der Waals surface area contributed by atoms with Crippen molar-refractivity contribution in [3.05, 3.63) is 63.6 Å². The highest BCUT2D eigenvalue weighted by Crippen LogP contribution is 2.19. The lowest BCUT2D eigenvalue weighted by atomic mass is 10.1. The van der Waals surface area contributed by atoms with Gasteiger partial charge in [-0.2, -0.15) is 0 Å². The third-order valence-corrected chi connectivity index (χ3v) is 4.16. The molecule has 0 aliphatic rings. The van der Waals surface area contributed by atoms with E-state index in [1.807, 2.05) is 6.07 Å². The number of rotatable bonds is 10. The smallest absolute Gasteiger partial charge is 0.356 e. The van der Waals surface area contributed by atoms with Crippen molar-refractivity contribution in [3.63, 3.8) is 0 Å². The van der Waals surface area contributed by atoms with Gasteiger partial charge in [-0.25, -0.2) is 4.79 Å². The number of carboxylic acid groups (broad SMARTS) is 1. The molecule has 1 aromatic carbocycles. The second kappa shape index (κ2) is 9.82. The summed E-state index contributed by atoms with van der Waals surface area (Å²) in [6.07, 6.45) is 0.544. The molecule has 1 N–H and O–H groups in total. The fraction of sp³-hybridized carbons (Fsp3) is 0.350. The van der Waals surface area contributed by atoms with Crippen LogP contribution in [0.3, 0.4) is 0 Å². The number of carbonyl (C=O) groups excluding carboxylic acids is 1. The largest absolute Gasteiger partial charge is 0.482 e. The van der Waals surface area contributed by atoms with Crippen LogP contribution >= 0.6 is 0 Å². The van der Waals surface area contributed by atoms with E-state index < -0.39 is 23.5 Å². The minimum Gasteiger partial charge on any atom is -0.482 e. The van der Waals surface area contributed by atoms with Gasteiger partial charge in [0.25, 0.3) is 0 Å². The second-order valence-corrected chi connectivity index (χ2v) is 5.96. The van der Waals surface area contributed by atoms with Crippen molar-refractivity contribution in [1.29, 1.82) is 0 Å². The molecule has 28 heavy (non-hydrogen) atoms. The van der Waals surface area contributed by atoms with E-state index in [0.29, 0.717) is 0 Å². The van der Waals surface area contributed by atoms with E-state index in [4.69, 9.17) is 14.2 Å². The molecule has 0 amide bonds. The number of carboxylic acids is 1. The Morgan fingerprint density at radius 2 is 1.79 bits per heavy atom. The zero-order valence-corrected chi connectivity index (χ0v) is 16.0. The zero-order valence-electron chi connectivity index (χ0n) is 16.0. The van der Waals surface area contributed by atoms with Gasteiger partial charge in [-0.05, 0) is 5.56 Å². The lowest BCUT2D eigenvalue weighted by Crippen LogP contribution is -2.30. The summed E-state index contributed by atoms with van der Waals surface area (Å²) in [5.74, 6) is -2.16. The van der Waals surface area contributed by atoms with Gasteiger partial charge in [-0.15, -0.1) is 0 Å². The first-order valence-electron chi connectivity index (χ1n) is 8.69. The molecule has 0 aliphatic carbocycles. The van der Waals surface area contributed by atoms with Crippen molar-refractivity contribution in [2.45, 2.75) is 32.8 Å². The van der Waals surface area contributed by atoms with Gasteiger partial charge < -0.3 is 23.9 Å².